The lowest BCUT2D eigenvalue weighted by Gasteiger charge is -2.42. The van der Waals surface area contributed by atoms with E-state index in [1.807, 2.05) is 0 Å². The minimum Gasteiger partial charge on any atom is -0.376 e. The second-order valence-electron chi connectivity index (χ2n) is 7.88. The Morgan fingerprint density at radius 1 is 1.12 bits per heavy atom. The summed E-state index contributed by atoms with van der Waals surface area (Å²) >= 11 is 0. The Bertz CT molecular complexity index is 610. The zero-order valence-corrected chi connectivity index (χ0v) is 15.3. The first kappa shape index (κ1) is 17.0. The second kappa shape index (κ2) is 7.46. The number of aryl methyl sites for hydroxylation is 1. The summed E-state index contributed by atoms with van der Waals surface area (Å²) in [4.78, 5) is 17.9. The summed E-state index contributed by atoms with van der Waals surface area (Å²) in [5.74, 6) is 0.450. The second-order valence-corrected chi connectivity index (χ2v) is 7.88. The Balaban J connectivity index is 1.37. The standard InChI is InChI=1S/C21H30N2O2/c1-16-15-23(13-14-25-16)18-9-11-22(12-10-18)21(24)20-8-4-6-17-5-2-3-7-19(17)20/h2-3,5,7,16,18,20H,4,6,8-15H2,1H3/t16-,20+/m0/s1. The Labute approximate surface area is 151 Å². The highest BCUT2D eigenvalue weighted by Gasteiger charge is 2.34. The molecule has 0 N–H and O–H groups in total. The summed E-state index contributed by atoms with van der Waals surface area (Å²) in [6.45, 7) is 6.90. The first-order valence-corrected chi connectivity index (χ1v) is 9.94. The molecule has 0 spiro atoms. The number of carbonyl (C=O) groups excluding carboxylic acids is 1. The molecule has 2 atom stereocenters. The molecule has 2 fully saturated rings. The molecule has 2 heterocycles. The Kier molecular flexibility index (Phi) is 5.09. The van der Waals surface area contributed by atoms with Crippen LogP contribution in [-0.4, -0.2) is 60.6 Å². The van der Waals surface area contributed by atoms with Crippen molar-refractivity contribution in [1.82, 2.24) is 9.80 Å². The molecule has 0 aromatic heterocycles. The van der Waals surface area contributed by atoms with Gasteiger partial charge in [-0.2, -0.15) is 0 Å². The van der Waals surface area contributed by atoms with Gasteiger partial charge in [-0.3, -0.25) is 9.69 Å². The Morgan fingerprint density at radius 2 is 1.92 bits per heavy atom. The maximum absolute atomic E-state index is 13.1. The minimum absolute atomic E-state index is 0.0879. The van der Waals surface area contributed by atoms with E-state index >= 15 is 0 Å². The van der Waals surface area contributed by atoms with E-state index in [9.17, 15) is 4.79 Å². The number of hydrogen-bond acceptors (Lipinski definition) is 3. The number of benzene rings is 1. The van der Waals surface area contributed by atoms with E-state index in [-0.39, 0.29) is 5.92 Å². The molecular formula is C21H30N2O2. The molecule has 4 nitrogen and oxygen atoms in total. The van der Waals surface area contributed by atoms with E-state index in [0.29, 0.717) is 18.1 Å². The quantitative estimate of drug-likeness (QED) is 0.828. The third kappa shape index (κ3) is 3.61. The van der Waals surface area contributed by atoms with Crippen LogP contribution in [0.15, 0.2) is 24.3 Å². The lowest BCUT2D eigenvalue weighted by molar-refractivity contribution is -0.135. The number of carbonyl (C=O) groups is 1. The molecule has 3 aliphatic rings. The largest absolute Gasteiger partial charge is 0.376 e. The van der Waals surface area contributed by atoms with Gasteiger partial charge in [-0.15, -0.1) is 0 Å². The number of ether oxygens (including phenoxy) is 1. The maximum Gasteiger partial charge on any atom is 0.230 e. The molecule has 0 radical (unpaired) electrons. The Morgan fingerprint density at radius 3 is 2.72 bits per heavy atom. The van der Waals surface area contributed by atoms with Gasteiger partial charge in [0.25, 0.3) is 0 Å². The summed E-state index contributed by atoms with van der Waals surface area (Å²) in [7, 11) is 0. The monoisotopic (exact) mass is 342 g/mol. The van der Waals surface area contributed by atoms with Gasteiger partial charge in [0.05, 0.1) is 18.6 Å². The van der Waals surface area contributed by atoms with E-state index in [2.05, 4.69) is 41.0 Å². The molecule has 136 valence electrons. The minimum atomic E-state index is 0.0879. The average molecular weight is 342 g/mol. The predicted octanol–water partition coefficient (Wildman–Crippen LogP) is 2.82. The number of nitrogens with zero attached hydrogens (tertiary/aromatic N) is 2. The van der Waals surface area contributed by atoms with Crippen molar-refractivity contribution in [3.05, 3.63) is 35.4 Å². The van der Waals surface area contributed by atoms with Gasteiger partial charge in [0.15, 0.2) is 0 Å². The molecule has 1 aromatic rings. The number of likely N-dealkylation sites (tertiary alicyclic amines) is 1. The smallest absolute Gasteiger partial charge is 0.230 e. The SMILES string of the molecule is C[C@H]1CN(C2CCN(C(=O)[C@@H]3CCCc4ccccc43)CC2)CCO1. The van der Waals surface area contributed by atoms with Crippen LogP contribution in [-0.2, 0) is 16.0 Å². The van der Waals surface area contributed by atoms with Crippen molar-refractivity contribution < 1.29 is 9.53 Å². The van der Waals surface area contributed by atoms with Gasteiger partial charge in [-0.05, 0) is 50.2 Å². The first-order valence-electron chi connectivity index (χ1n) is 9.94. The van der Waals surface area contributed by atoms with Gasteiger partial charge >= 0.3 is 0 Å². The van der Waals surface area contributed by atoms with E-state index < -0.39 is 0 Å². The van der Waals surface area contributed by atoms with Crippen molar-refractivity contribution in [3.8, 4) is 0 Å². The van der Waals surface area contributed by atoms with Crippen LogP contribution >= 0.6 is 0 Å². The van der Waals surface area contributed by atoms with Crippen molar-refractivity contribution >= 4 is 5.91 Å². The molecule has 1 aromatic carbocycles. The normalized spacial score (nSPS) is 28.6. The number of piperidine rings is 1. The topological polar surface area (TPSA) is 32.8 Å². The van der Waals surface area contributed by atoms with Crippen molar-refractivity contribution in [3.63, 3.8) is 0 Å². The highest BCUT2D eigenvalue weighted by molar-refractivity contribution is 5.84. The van der Waals surface area contributed by atoms with Crippen LogP contribution in [0.2, 0.25) is 0 Å². The molecular weight excluding hydrogens is 312 g/mol. The lowest BCUT2D eigenvalue weighted by atomic mass is 9.81. The van der Waals surface area contributed by atoms with Crippen LogP contribution < -0.4 is 0 Å². The summed E-state index contributed by atoms with van der Waals surface area (Å²) in [5.41, 5.74) is 2.66. The fraction of sp³-hybridized carbons (Fsp3) is 0.667. The molecule has 1 amide bonds. The third-order valence-electron chi connectivity index (χ3n) is 6.23. The van der Waals surface area contributed by atoms with E-state index in [0.717, 1.165) is 64.9 Å². The van der Waals surface area contributed by atoms with E-state index in [1.165, 1.54) is 11.1 Å². The fourth-order valence-corrected chi connectivity index (χ4v) is 4.86. The van der Waals surface area contributed by atoms with Crippen LogP contribution in [0.3, 0.4) is 0 Å². The number of hydrogen-bond donors (Lipinski definition) is 0. The zero-order chi connectivity index (χ0) is 17.2. The maximum atomic E-state index is 13.1. The molecule has 0 bridgehead atoms. The summed E-state index contributed by atoms with van der Waals surface area (Å²) in [6, 6.07) is 9.16. The van der Waals surface area contributed by atoms with E-state index in [4.69, 9.17) is 4.74 Å². The van der Waals surface area contributed by atoms with Gasteiger partial charge in [0.1, 0.15) is 0 Å². The summed E-state index contributed by atoms with van der Waals surface area (Å²) < 4.78 is 5.66. The van der Waals surface area contributed by atoms with Gasteiger partial charge in [-0.25, -0.2) is 0 Å². The van der Waals surface area contributed by atoms with E-state index in [1.54, 1.807) is 0 Å². The first-order chi connectivity index (χ1) is 12.2. The van der Waals surface area contributed by atoms with Gasteiger partial charge in [0.2, 0.25) is 5.91 Å². The molecule has 0 saturated carbocycles. The molecule has 1 aliphatic carbocycles. The summed E-state index contributed by atoms with van der Waals surface area (Å²) in [5, 5.41) is 0. The molecule has 25 heavy (non-hydrogen) atoms. The molecule has 4 heteroatoms. The highest BCUT2D eigenvalue weighted by atomic mass is 16.5. The molecule has 4 rings (SSSR count). The van der Waals surface area contributed by atoms with Gasteiger partial charge < -0.3 is 9.64 Å². The van der Waals surface area contributed by atoms with Gasteiger partial charge in [0, 0.05) is 32.2 Å². The Hall–Kier alpha value is -1.39. The number of fused-ring (bicyclic) bond motifs is 1. The molecule has 0 unspecified atom stereocenters. The lowest BCUT2D eigenvalue weighted by Crippen LogP contribution is -2.52. The van der Waals surface area contributed by atoms with Crippen molar-refractivity contribution in [2.45, 2.75) is 57.1 Å². The average Bonchev–Trinajstić information content (AvgIpc) is 2.67. The predicted molar refractivity (Wildman–Crippen MR) is 98.7 cm³/mol. The van der Waals surface area contributed by atoms with Crippen molar-refractivity contribution in [1.29, 1.82) is 0 Å². The van der Waals surface area contributed by atoms with Crippen molar-refractivity contribution in [2.24, 2.45) is 0 Å². The third-order valence-corrected chi connectivity index (χ3v) is 6.23. The fourth-order valence-electron chi connectivity index (χ4n) is 4.86. The summed E-state index contributed by atoms with van der Waals surface area (Å²) in [6.07, 6.45) is 5.82. The number of amides is 1. The highest BCUT2D eigenvalue weighted by Crippen LogP contribution is 2.33. The van der Waals surface area contributed by atoms with Crippen LogP contribution in [0.4, 0.5) is 0 Å². The van der Waals surface area contributed by atoms with Crippen LogP contribution in [0.5, 0.6) is 0 Å². The van der Waals surface area contributed by atoms with Crippen molar-refractivity contribution in [2.75, 3.05) is 32.8 Å². The number of rotatable bonds is 2. The van der Waals surface area contributed by atoms with Crippen LogP contribution in [0.1, 0.15) is 49.7 Å². The van der Waals surface area contributed by atoms with Gasteiger partial charge in [-0.1, -0.05) is 24.3 Å². The zero-order valence-electron chi connectivity index (χ0n) is 15.3. The molecule has 2 saturated heterocycles. The van der Waals surface area contributed by atoms with Crippen LogP contribution in [0.25, 0.3) is 0 Å². The number of morpholine rings is 1. The molecule has 2 aliphatic heterocycles. The van der Waals surface area contributed by atoms with Crippen LogP contribution in [0, 0.1) is 0 Å².